The molecule has 3 heteroatoms. The van der Waals surface area contributed by atoms with Gasteiger partial charge in [0.25, 0.3) is 0 Å². The first-order chi connectivity index (χ1) is 10.2. The van der Waals surface area contributed by atoms with Crippen LogP contribution in [0.4, 0.5) is 4.39 Å². The highest BCUT2D eigenvalue weighted by Gasteiger charge is 2.29. The molecular weight excluding hydrogens is 395 g/mol. The molecule has 21 heavy (non-hydrogen) atoms. The number of alkyl halides is 2. The minimum atomic E-state index is -0.180. The fourth-order valence-electron chi connectivity index (χ4n) is 2.55. The summed E-state index contributed by atoms with van der Waals surface area (Å²) in [6.07, 6.45) is 3.24. The van der Waals surface area contributed by atoms with Gasteiger partial charge in [-0.3, -0.25) is 0 Å². The zero-order valence-electron chi connectivity index (χ0n) is 11.9. The predicted octanol–water partition coefficient (Wildman–Crippen LogP) is 5.88. The van der Waals surface area contributed by atoms with Crippen molar-refractivity contribution in [2.24, 2.45) is 0 Å². The Labute approximate surface area is 143 Å². The number of rotatable bonds is 7. The molecule has 0 heterocycles. The molecule has 112 valence electrons. The minimum Gasteiger partial charge on any atom is -0.207 e. The van der Waals surface area contributed by atoms with E-state index in [-0.39, 0.29) is 11.2 Å². The normalized spacial score (nSPS) is 11.6. The van der Waals surface area contributed by atoms with Gasteiger partial charge < -0.3 is 0 Å². The summed E-state index contributed by atoms with van der Waals surface area (Å²) >= 11 is 7.30. The molecule has 0 aliphatic heterocycles. The van der Waals surface area contributed by atoms with Crippen LogP contribution in [0.2, 0.25) is 0 Å². The van der Waals surface area contributed by atoms with Crippen molar-refractivity contribution in [1.82, 2.24) is 0 Å². The number of hydrogen-bond acceptors (Lipinski definition) is 0. The van der Waals surface area contributed by atoms with Gasteiger partial charge >= 0.3 is 0 Å². The molecule has 2 aromatic carbocycles. The molecule has 2 rings (SSSR count). The molecular formula is C18H19Br2F. The van der Waals surface area contributed by atoms with Crippen LogP contribution in [0.1, 0.15) is 24.0 Å². The Morgan fingerprint density at radius 2 is 1.48 bits per heavy atom. The molecule has 0 saturated carbocycles. The molecule has 0 fully saturated rings. The third kappa shape index (κ3) is 4.40. The van der Waals surface area contributed by atoms with Crippen LogP contribution in [-0.2, 0) is 11.8 Å². The number of halogens is 3. The van der Waals surface area contributed by atoms with Crippen LogP contribution in [-0.4, -0.2) is 10.7 Å². The van der Waals surface area contributed by atoms with Crippen molar-refractivity contribution in [2.75, 3.05) is 10.7 Å². The van der Waals surface area contributed by atoms with Gasteiger partial charge in [0.2, 0.25) is 0 Å². The van der Waals surface area contributed by atoms with Crippen LogP contribution in [0.3, 0.4) is 0 Å². The van der Waals surface area contributed by atoms with Crippen molar-refractivity contribution in [3.05, 3.63) is 71.5 Å². The Morgan fingerprint density at radius 1 is 0.857 bits per heavy atom. The van der Waals surface area contributed by atoms with Gasteiger partial charge in [0, 0.05) is 16.1 Å². The van der Waals surface area contributed by atoms with E-state index in [4.69, 9.17) is 0 Å². The fourth-order valence-corrected chi connectivity index (χ4v) is 4.68. The van der Waals surface area contributed by atoms with E-state index >= 15 is 0 Å². The summed E-state index contributed by atoms with van der Waals surface area (Å²) in [5, 5.41) is 1.73. The van der Waals surface area contributed by atoms with Crippen LogP contribution < -0.4 is 0 Å². The van der Waals surface area contributed by atoms with Gasteiger partial charge in [0.05, 0.1) is 0 Å². The SMILES string of the molecule is Fc1ccc(C(CBr)(CBr)CCCc2ccccc2)cc1. The second kappa shape index (κ2) is 8.09. The van der Waals surface area contributed by atoms with Crippen molar-refractivity contribution < 1.29 is 4.39 Å². The van der Waals surface area contributed by atoms with E-state index in [1.165, 1.54) is 11.1 Å². The van der Waals surface area contributed by atoms with Gasteiger partial charge in [-0.25, -0.2) is 4.39 Å². The number of hydrogen-bond donors (Lipinski definition) is 0. The molecule has 2 aromatic rings. The topological polar surface area (TPSA) is 0 Å². The zero-order valence-corrected chi connectivity index (χ0v) is 15.0. The average Bonchev–Trinajstić information content (AvgIpc) is 2.54. The Balaban J connectivity index is 2.06. The lowest BCUT2D eigenvalue weighted by Gasteiger charge is -2.31. The Hall–Kier alpha value is -0.670. The highest BCUT2D eigenvalue weighted by atomic mass is 79.9. The van der Waals surface area contributed by atoms with Gasteiger partial charge in [-0.05, 0) is 42.5 Å². The van der Waals surface area contributed by atoms with Crippen LogP contribution in [0.15, 0.2) is 54.6 Å². The second-order valence-corrected chi connectivity index (χ2v) is 6.52. The maximum atomic E-state index is 13.1. The maximum Gasteiger partial charge on any atom is 0.123 e. The summed E-state index contributed by atoms with van der Waals surface area (Å²) in [4.78, 5) is 0. The third-order valence-electron chi connectivity index (χ3n) is 3.93. The van der Waals surface area contributed by atoms with E-state index < -0.39 is 0 Å². The summed E-state index contributed by atoms with van der Waals surface area (Å²) in [7, 11) is 0. The first-order valence-electron chi connectivity index (χ1n) is 7.12. The van der Waals surface area contributed by atoms with E-state index in [2.05, 4.69) is 56.1 Å². The molecule has 0 saturated heterocycles. The first kappa shape index (κ1) is 16.7. The largest absolute Gasteiger partial charge is 0.207 e. The third-order valence-corrected chi connectivity index (χ3v) is 6.08. The van der Waals surface area contributed by atoms with Crippen LogP contribution in [0, 0.1) is 5.82 Å². The van der Waals surface area contributed by atoms with E-state index in [1.54, 1.807) is 12.1 Å². The Kier molecular flexibility index (Phi) is 6.43. The average molecular weight is 414 g/mol. The number of aryl methyl sites for hydroxylation is 1. The van der Waals surface area contributed by atoms with Crippen LogP contribution >= 0.6 is 31.9 Å². The van der Waals surface area contributed by atoms with Crippen molar-refractivity contribution in [3.8, 4) is 0 Å². The molecule has 0 bridgehead atoms. The predicted molar refractivity (Wildman–Crippen MR) is 95.0 cm³/mol. The van der Waals surface area contributed by atoms with Crippen LogP contribution in [0.5, 0.6) is 0 Å². The van der Waals surface area contributed by atoms with Crippen molar-refractivity contribution in [3.63, 3.8) is 0 Å². The standard InChI is InChI=1S/C18H19Br2F/c19-13-18(14-20,16-8-10-17(21)11-9-16)12-4-7-15-5-2-1-3-6-15/h1-3,5-6,8-11H,4,7,12-14H2. The van der Waals surface area contributed by atoms with Crippen LogP contribution in [0.25, 0.3) is 0 Å². The highest BCUT2D eigenvalue weighted by molar-refractivity contribution is 9.09. The zero-order chi connectivity index (χ0) is 15.1. The van der Waals surface area contributed by atoms with Gasteiger partial charge in [-0.15, -0.1) is 0 Å². The molecule has 0 N–H and O–H groups in total. The summed E-state index contributed by atoms with van der Waals surface area (Å²) in [6.45, 7) is 0. The maximum absolute atomic E-state index is 13.1. The molecule has 0 nitrogen and oxygen atoms in total. The molecule has 0 aliphatic rings. The fraction of sp³-hybridized carbons (Fsp3) is 0.333. The smallest absolute Gasteiger partial charge is 0.123 e. The second-order valence-electron chi connectivity index (χ2n) is 5.39. The summed E-state index contributed by atoms with van der Waals surface area (Å²) in [5.41, 5.74) is 2.57. The molecule has 0 spiro atoms. The minimum absolute atomic E-state index is 0.0163. The quantitative estimate of drug-likeness (QED) is 0.497. The molecule has 0 amide bonds. The first-order valence-corrected chi connectivity index (χ1v) is 9.36. The lowest BCUT2D eigenvalue weighted by Crippen LogP contribution is -2.30. The van der Waals surface area contributed by atoms with E-state index in [1.807, 2.05) is 18.2 Å². The van der Waals surface area contributed by atoms with E-state index in [9.17, 15) is 4.39 Å². The van der Waals surface area contributed by atoms with Crippen molar-refractivity contribution in [1.29, 1.82) is 0 Å². The van der Waals surface area contributed by atoms with Gasteiger partial charge in [0.1, 0.15) is 5.82 Å². The lowest BCUT2D eigenvalue weighted by atomic mass is 9.79. The highest BCUT2D eigenvalue weighted by Crippen LogP contribution is 2.34. The molecule has 0 radical (unpaired) electrons. The summed E-state index contributed by atoms with van der Waals surface area (Å²) in [6, 6.07) is 17.4. The van der Waals surface area contributed by atoms with Gasteiger partial charge in [-0.2, -0.15) is 0 Å². The number of benzene rings is 2. The Morgan fingerprint density at radius 3 is 2.05 bits per heavy atom. The van der Waals surface area contributed by atoms with Gasteiger partial charge in [0.15, 0.2) is 0 Å². The lowest BCUT2D eigenvalue weighted by molar-refractivity contribution is 0.483. The molecule has 0 aromatic heterocycles. The van der Waals surface area contributed by atoms with E-state index in [0.717, 1.165) is 29.9 Å². The molecule has 0 atom stereocenters. The summed E-state index contributed by atoms with van der Waals surface area (Å²) < 4.78 is 13.1. The molecule has 0 unspecified atom stereocenters. The van der Waals surface area contributed by atoms with E-state index in [0.29, 0.717) is 0 Å². The Bertz CT molecular complexity index is 533. The van der Waals surface area contributed by atoms with Crippen molar-refractivity contribution >= 4 is 31.9 Å². The summed E-state index contributed by atoms with van der Waals surface area (Å²) in [5.74, 6) is -0.180. The molecule has 0 aliphatic carbocycles. The van der Waals surface area contributed by atoms with Crippen molar-refractivity contribution in [2.45, 2.75) is 24.7 Å². The van der Waals surface area contributed by atoms with Gasteiger partial charge in [-0.1, -0.05) is 74.3 Å². The monoisotopic (exact) mass is 412 g/mol.